The van der Waals surface area contributed by atoms with Crippen molar-refractivity contribution >= 4 is 17.6 Å². The molecule has 0 atom stereocenters. The first-order chi connectivity index (χ1) is 1.73. The van der Waals surface area contributed by atoms with E-state index in [9.17, 15) is 0 Å². The molecule has 0 unspecified atom stereocenters. The van der Waals surface area contributed by atoms with Crippen LogP contribution in [0.2, 0.25) is 0 Å². The predicted octanol–water partition coefficient (Wildman–Crippen LogP) is -2.25. The summed E-state index contributed by atoms with van der Waals surface area (Å²) in [5, 5.41) is 0. The van der Waals surface area contributed by atoms with Crippen molar-refractivity contribution in [1.29, 1.82) is 0 Å². The van der Waals surface area contributed by atoms with Gasteiger partial charge in [0, 0.05) is 17.1 Å². The van der Waals surface area contributed by atoms with Crippen molar-refractivity contribution in [1.82, 2.24) is 0 Å². The van der Waals surface area contributed by atoms with E-state index in [1.807, 2.05) is 0 Å². The molecule has 0 aromatic rings. The molecule has 0 aliphatic carbocycles. The predicted molar refractivity (Wildman–Crippen MR) is 14.9 cm³/mol. The summed E-state index contributed by atoms with van der Waals surface area (Å²) >= 11 is -3.69. The average molecular weight is 232 g/mol. The van der Waals surface area contributed by atoms with Crippen LogP contribution in [0.25, 0.3) is 0 Å². The third-order valence-corrected chi connectivity index (χ3v) is 0. The quantitative estimate of drug-likeness (QED) is 0.479. The Morgan fingerprint density at radius 2 is 1.33 bits per heavy atom. The summed E-state index contributed by atoms with van der Waals surface area (Å²) in [7, 11) is 0. The van der Waals surface area contributed by atoms with Crippen molar-refractivity contribution < 1.29 is 43.8 Å². The van der Waals surface area contributed by atoms with Gasteiger partial charge in [0.2, 0.25) is 0 Å². The van der Waals surface area contributed by atoms with E-state index >= 15 is 0 Å². The first-order valence-corrected chi connectivity index (χ1v) is 2.33. The van der Waals surface area contributed by atoms with E-state index in [0.29, 0.717) is 0 Å². The van der Waals surface area contributed by atoms with Crippen molar-refractivity contribution in [3.8, 4) is 0 Å². The van der Waals surface area contributed by atoms with Crippen LogP contribution in [0.4, 0.5) is 0 Å². The Morgan fingerprint density at radius 3 is 1.33 bits per heavy atom. The summed E-state index contributed by atoms with van der Waals surface area (Å²) in [6.07, 6.45) is 0. The van der Waals surface area contributed by atoms with Crippen LogP contribution >= 0.6 is 0 Å². The monoisotopic (exact) mass is 233 g/mol. The molecule has 0 amide bonds. The van der Waals surface area contributed by atoms with Crippen LogP contribution in [0.5, 0.6) is 0 Å². The molecule has 1 radical (unpaired) electrons. The molecular formula is H5GeMnO3V. The maximum atomic E-state index is 8.67. The molecule has 0 aliphatic heterocycles. The van der Waals surface area contributed by atoms with Gasteiger partial charge in [0.15, 0.2) is 0 Å². The third-order valence-electron chi connectivity index (χ3n) is 0. The normalized spacial score (nSPS) is 4.17. The van der Waals surface area contributed by atoms with Gasteiger partial charge in [0.1, 0.15) is 0 Å². The second kappa shape index (κ2) is 9.51. The van der Waals surface area contributed by atoms with Gasteiger partial charge in [-0.25, -0.2) is 0 Å². The third kappa shape index (κ3) is 63.3. The first-order valence-electron chi connectivity index (χ1n) is 0.565. The fourth-order valence-corrected chi connectivity index (χ4v) is 0. The topological polar surface area (TPSA) is 54.4 Å². The van der Waals surface area contributed by atoms with Gasteiger partial charge in [-0.1, -0.05) is 0 Å². The molecule has 0 aromatic carbocycles. The van der Waals surface area contributed by atoms with E-state index in [1.165, 1.54) is 0 Å². The molecule has 0 saturated heterocycles. The summed E-state index contributed by atoms with van der Waals surface area (Å²) in [5.41, 5.74) is 0. The molecule has 39 valence electrons. The molecule has 0 aromatic heterocycles. The van der Waals surface area contributed by atoms with Crippen LogP contribution < -0.4 is 0 Å². The fourth-order valence-electron chi connectivity index (χ4n) is 0. The van der Waals surface area contributed by atoms with Gasteiger partial charge in [0.25, 0.3) is 0 Å². The van der Waals surface area contributed by atoms with Gasteiger partial charge in [-0.2, -0.15) is 0 Å². The van der Waals surface area contributed by atoms with E-state index in [1.54, 1.807) is 0 Å². The Balaban J connectivity index is -0.0000000450. The summed E-state index contributed by atoms with van der Waals surface area (Å²) in [5.74, 6) is 0. The summed E-state index contributed by atoms with van der Waals surface area (Å²) in [4.78, 5) is 0. The second-order valence-electron chi connectivity index (χ2n) is 0.238. The Morgan fingerprint density at radius 1 is 1.33 bits per heavy atom. The number of hydrogen-bond donors (Lipinski definition) is 1. The van der Waals surface area contributed by atoms with Crippen molar-refractivity contribution in [3.63, 3.8) is 0 Å². The maximum absolute atomic E-state index is 8.67. The van der Waals surface area contributed by atoms with E-state index < -0.39 is 15.4 Å². The summed E-state index contributed by atoms with van der Waals surface area (Å²) < 4.78 is 24.4. The Kier molecular flexibility index (Phi) is 24.9. The van der Waals surface area contributed by atoms with Gasteiger partial charge in [-0.15, -0.1) is 0 Å². The van der Waals surface area contributed by atoms with Crippen LogP contribution in [0.3, 0.4) is 0 Å². The van der Waals surface area contributed by atoms with Gasteiger partial charge >= 0.3 is 44.4 Å². The van der Waals surface area contributed by atoms with Crippen LogP contribution in [-0.2, 0) is 39.8 Å². The Labute approximate surface area is 61.3 Å². The van der Waals surface area contributed by atoms with E-state index in [-0.39, 0.29) is 34.7 Å². The standard InChI is InChI=1S/GeH4.Mn.H2O.2O.V/h1H4;;1H2;;;/q;;;;;+1/p-1. The van der Waals surface area contributed by atoms with Gasteiger partial charge in [0.05, 0.1) is 0 Å². The van der Waals surface area contributed by atoms with Crippen LogP contribution in [-0.4, -0.2) is 21.6 Å². The van der Waals surface area contributed by atoms with E-state index in [2.05, 4.69) is 0 Å². The number of hydrogen-bond acceptors (Lipinski definition) is 2. The van der Waals surface area contributed by atoms with Crippen LogP contribution in [0, 0.1) is 0 Å². The molecule has 0 heterocycles. The molecule has 3 nitrogen and oxygen atoms in total. The zero-order valence-electron chi connectivity index (χ0n) is 2.09. The molecule has 0 aliphatic rings. The molecule has 6 heavy (non-hydrogen) atoms. The van der Waals surface area contributed by atoms with Crippen molar-refractivity contribution in [2.45, 2.75) is 0 Å². The molecule has 0 spiro atoms. The minimum atomic E-state index is -3.69. The van der Waals surface area contributed by atoms with Crippen molar-refractivity contribution in [3.05, 3.63) is 0 Å². The van der Waals surface area contributed by atoms with Gasteiger partial charge < -0.3 is 0 Å². The molecular weight excluding hydrogens is 226 g/mol. The average Bonchev–Trinajstić information content (AvgIpc) is 0.811. The molecule has 0 rings (SSSR count). The first kappa shape index (κ1) is 15.7. The molecule has 6 heteroatoms. The van der Waals surface area contributed by atoms with E-state index in [0.717, 1.165) is 0 Å². The Hall–Kier alpha value is 1.21. The zero-order valence-corrected chi connectivity index (χ0v) is 4.67. The Bertz CT molecular complexity index is 59.2. The van der Waals surface area contributed by atoms with Crippen molar-refractivity contribution in [2.24, 2.45) is 0 Å². The summed E-state index contributed by atoms with van der Waals surface area (Å²) in [6.45, 7) is 0. The summed E-state index contributed by atoms with van der Waals surface area (Å²) in [6, 6.07) is 0. The van der Waals surface area contributed by atoms with Gasteiger partial charge in [-0.05, 0) is 0 Å². The van der Waals surface area contributed by atoms with Crippen LogP contribution in [0.15, 0.2) is 0 Å². The van der Waals surface area contributed by atoms with Crippen LogP contribution in [0.1, 0.15) is 0 Å². The minimum absolute atomic E-state index is 0. The second-order valence-corrected chi connectivity index (χ2v) is 0.981. The number of rotatable bonds is 0. The van der Waals surface area contributed by atoms with E-state index in [4.69, 9.17) is 11.4 Å². The SMILES string of the molecule is [GeH4].[Mn].[O]=[V](=[O])[OH]. The molecule has 0 fully saturated rings. The van der Waals surface area contributed by atoms with Crippen molar-refractivity contribution in [2.75, 3.05) is 0 Å². The fraction of sp³-hybridized carbons (Fsp3) is 0. The molecule has 0 bridgehead atoms. The molecule has 1 N–H and O–H groups in total. The van der Waals surface area contributed by atoms with Gasteiger partial charge in [-0.3, -0.25) is 0 Å². The molecule has 0 saturated carbocycles. The zero-order chi connectivity index (χ0) is 3.58.